The van der Waals surface area contributed by atoms with Crippen LogP contribution in [0.25, 0.3) is 0 Å². The minimum Gasteiger partial charge on any atom is -0.495 e. The predicted octanol–water partition coefficient (Wildman–Crippen LogP) is 3.73. The van der Waals surface area contributed by atoms with Gasteiger partial charge in [0.05, 0.1) is 17.3 Å². The monoisotopic (exact) mass is 376 g/mol. The zero-order valence-electron chi connectivity index (χ0n) is 10.5. The van der Waals surface area contributed by atoms with Crippen molar-refractivity contribution in [1.82, 2.24) is 4.90 Å². The molecule has 1 saturated heterocycles. The van der Waals surface area contributed by atoms with E-state index in [9.17, 15) is 0 Å². The molecule has 2 rings (SSSR count). The summed E-state index contributed by atoms with van der Waals surface area (Å²) < 4.78 is 7.31. The lowest BCUT2D eigenvalue weighted by atomic mass is 10.3. The number of anilines is 1. The zero-order chi connectivity index (χ0) is 13.0. The number of rotatable bonds is 5. The van der Waals surface area contributed by atoms with E-state index in [1.54, 1.807) is 7.11 Å². The van der Waals surface area contributed by atoms with Gasteiger partial charge in [-0.2, -0.15) is 0 Å². The van der Waals surface area contributed by atoms with E-state index in [-0.39, 0.29) is 0 Å². The smallest absolute Gasteiger partial charge is 0.135 e. The van der Waals surface area contributed by atoms with Crippen molar-refractivity contribution in [2.75, 3.05) is 38.6 Å². The summed E-state index contributed by atoms with van der Waals surface area (Å²) in [7, 11) is 1.68. The van der Waals surface area contributed by atoms with E-state index < -0.39 is 0 Å². The molecule has 5 heteroatoms. The van der Waals surface area contributed by atoms with Gasteiger partial charge in [0.2, 0.25) is 0 Å². The first-order valence-corrected chi connectivity index (χ1v) is 7.78. The van der Waals surface area contributed by atoms with Gasteiger partial charge in [0.1, 0.15) is 5.75 Å². The molecule has 1 heterocycles. The number of likely N-dealkylation sites (tertiary alicyclic amines) is 1. The lowest BCUT2D eigenvalue weighted by Crippen LogP contribution is -2.26. The number of benzene rings is 1. The van der Waals surface area contributed by atoms with E-state index in [4.69, 9.17) is 4.74 Å². The van der Waals surface area contributed by atoms with Gasteiger partial charge in [0.15, 0.2) is 0 Å². The largest absolute Gasteiger partial charge is 0.495 e. The zero-order valence-corrected chi connectivity index (χ0v) is 13.7. The summed E-state index contributed by atoms with van der Waals surface area (Å²) in [4.78, 5) is 2.50. The average molecular weight is 378 g/mol. The summed E-state index contributed by atoms with van der Waals surface area (Å²) >= 11 is 7.03. The van der Waals surface area contributed by atoms with Crippen LogP contribution in [-0.2, 0) is 0 Å². The Hall–Kier alpha value is -0.260. The number of hydrogen-bond acceptors (Lipinski definition) is 3. The first-order chi connectivity index (χ1) is 8.70. The van der Waals surface area contributed by atoms with Crippen LogP contribution in [0, 0.1) is 0 Å². The van der Waals surface area contributed by atoms with Gasteiger partial charge >= 0.3 is 0 Å². The fourth-order valence-electron chi connectivity index (χ4n) is 2.18. The molecule has 0 spiro atoms. The van der Waals surface area contributed by atoms with E-state index in [2.05, 4.69) is 42.1 Å². The van der Waals surface area contributed by atoms with Crippen molar-refractivity contribution >= 4 is 37.5 Å². The van der Waals surface area contributed by atoms with Crippen molar-refractivity contribution in [2.24, 2.45) is 0 Å². The molecular formula is C13H18Br2N2O. The molecule has 1 aromatic carbocycles. The molecule has 0 radical (unpaired) electrons. The highest BCUT2D eigenvalue weighted by atomic mass is 79.9. The lowest BCUT2D eigenvalue weighted by Gasteiger charge is -2.16. The van der Waals surface area contributed by atoms with E-state index in [0.29, 0.717) is 0 Å². The predicted molar refractivity (Wildman–Crippen MR) is 82.6 cm³/mol. The quantitative estimate of drug-likeness (QED) is 0.846. The summed E-state index contributed by atoms with van der Waals surface area (Å²) in [6.07, 6.45) is 2.69. The summed E-state index contributed by atoms with van der Waals surface area (Å²) in [5.41, 5.74) is 1.08. The maximum Gasteiger partial charge on any atom is 0.135 e. The molecule has 0 saturated carbocycles. The van der Waals surface area contributed by atoms with E-state index in [1.807, 2.05) is 12.1 Å². The highest BCUT2D eigenvalue weighted by molar-refractivity contribution is 9.11. The molecule has 0 bridgehead atoms. The van der Waals surface area contributed by atoms with E-state index in [1.165, 1.54) is 25.9 Å². The molecule has 1 aliphatic heterocycles. The second kappa shape index (κ2) is 6.78. The lowest BCUT2D eigenvalue weighted by molar-refractivity contribution is 0.352. The van der Waals surface area contributed by atoms with Gasteiger partial charge in [0.25, 0.3) is 0 Å². The van der Waals surface area contributed by atoms with Crippen LogP contribution in [-0.4, -0.2) is 38.2 Å². The Morgan fingerprint density at radius 3 is 2.61 bits per heavy atom. The second-order valence-corrected chi connectivity index (χ2v) is 6.15. The van der Waals surface area contributed by atoms with Crippen LogP contribution < -0.4 is 10.1 Å². The third-order valence-electron chi connectivity index (χ3n) is 3.18. The number of methoxy groups -OCH3 is 1. The van der Waals surface area contributed by atoms with Crippen molar-refractivity contribution in [3.05, 3.63) is 21.1 Å². The third-order valence-corrected chi connectivity index (χ3v) is 4.46. The molecule has 1 N–H and O–H groups in total. The Morgan fingerprint density at radius 1 is 1.22 bits per heavy atom. The van der Waals surface area contributed by atoms with Crippen LogP contribution in [0.3, 0.4) is 0 Å². The van der Waals surface area contributed by atoms with Crippen LogP contribution in [0.5, 0.6) is 5.75 Å². The van der Waals surface area contributed by atoms with Crippen LogP contribution in [0.1, 0.15) is 12.8 Å². The van der Waals surface area contributed by atoms with Crippen molar-refractivity contribution < 1.29 is 4.74 Å². The Labute approximate surface area is 125 Å². The molecular weight excluding hydrogens is 360 g/mol. The maximum absolute atomic E-state index is 5.30. The molecule has 1 aliphatic rings. The highest BCUT2D eigenvalue weighted by Gasteiger charge is 2.11. The molecule has 18 heavy (non-hydrogen) atoms. The van der Waals surface area contributed by atoms with Crippen molar-refractivity contribution in [2.45, 2.75) is 12.8 Å². The summed E-state index contributed by atoms with van der Waals surface area (Å²) in [6.45, 7) is 4.55. The standard InChI is InChI=1S/C13H18Br2N2O/c1-18-13-9-12(10(14)8-11(13)15)16-4-7-17-5-2-3-6-17/h8-9,16H,2-7H2,1H3. The topological polar surface area (TPSA) is 24.5 Å². The van der Waals surface area contributed by atoms with Gasteiger partial charge in [-0.25, -0.2) is 0 Å². The number of hydrogen-bond donors (Lipinski definition) is 1. The van der Waals surface area contributed by atoms with Crippen molar-refractivity contribution in [1.29, 1.82) is 0 Å². The molecule has 0 aliphatic carbocycles. The van der Waals surface area contributed by atoms with Crippen LogP contribution in [0.15, 0.2) is 21.1 Å². The van der Waals surface area contributed by atoms with Gasteiger partial charge in [0, 0.05) is 23.6 Å². The van der Waals surface area contributed by atoms with Crippen LogP contribution in [0.4, 0.5) is 5.69 Å². The number of ether oxygens (including phenoxy) is 1. The van der Waals surface area contributed by atoms with Gasteiger partial charge in [-0.05, 0) is 63.9 Å². The third kappa shape index (κ3) is 3.62. The van der Waals surface area contributed by atoms with E-state index in [0.717, 1.165) is 33.5 Å². The van der Waals surface area contributed by atoms with Gasteiger partial charge in [-0.1, -0.05) is 0 Å². The first-order valence-electron chi connectivity index (χ1n) is 6.20. The summed E-state index contributed by atoms with van der Waals surface area (Å²) in [5, 5.41) is 3.45. The maximum atomic E-state index is 5.30. The first kappa shape index (κ1) is 14.2. The van der Waals surface area contributed by atoms with Gasteiger partial charge < -0.3 is 15.0 Å². The summed E-state index contributed by atoms with van der Waals surface area (Å²) in [5.74, 6) is 0.849. The van der Waals surface area contributed by atoms with Crippen molar-refractivity contribution in [3.63, 3.8) is 0 Å². The van der Waals surface area contributed by atoms with Crippen LogP contribution in [0.2, 0.25) is 0 Å². The molecule has 3 nitrogen and oxygen atoms in total. The minimum atomic E-state index is 0.849. The average Bonchev–Trinajstić information content (AvgIpc) is 2.85. The SMILES string of the molecule is COc1cc(NCCN2CCCC2)c(Br)cc1Br. The van der Waals surface area contributed by atoms with Gasteiger partial charge in [-0.3, -0.25) is 0 Å². The van der Waals surface area contributed by atoms with Crippen LogP contribution >= 0.6 is 31.9 Å². The van der Waals surface area contributed by atoms with E-state index >= 15 is 0 Å². The van der Waals surface area contributed by atoms with Crippen molar-refractivity contribution in [3.8, 4) is 5.75 Å². The summed E-state index contributed by atoms with van der Waals surface area (Å²) in [6, 6.07) is 4.02. The highest BCUT2D eigenvalue weighted by Crippen LogP contribution is 2.34. The molecule has 0 atom stereocenters. The molecule has 0 aromatic heterocycles. The number of nitrogens with zero attached hydrogens (tertiary/aromatic N) is 1. The number of nitrogens with one attached hydrogen (secondary N) is 1. The number of halogens is 2. The van der Waals surface area contributed by atoms with Gasteiger partial charge in [-0.15, -0.1) is 0 Å². The molecule has 100 valence electrons. The Morgan fingerprint density at radius 2 is 1.94 bits per heavy atom. The fourth-order valence-corrected chi connectivity index (χ4v) is 3.47. The molecule has 1 aromatic rings. The Balaban J connectivity index is 1.91. The molecule has 0 unspecified atom stereocenters. The molecule has 0 amide bonds. The minimum absolute atomic E-state index is 0.849. The Kier molecular flexibility index (Phi) is 5.33. The fraction of sp³-hybridized carbons (Fsp3) is 0.538. The normalized spacial score (nSPS) is 15.9. The second-order valence-electron chi connectivity index (χ2n) is 4.44. The Bertz CT molecular complexity index is 406. The molecule has 1 fully saturated rings.